The van der Waals surface area contributed by atoms with Crippen molar-refractivity contribution in [2.75, 3.05) is 14.1 Å². The maximum atomic E-state index is 11.8. The van der Waals surface area contributed by atoms with Crippen molar-refractivity contribution >= 4 is 10.0 Å². The Bertz CT molecular complexity index is 526. The van der Waals surface area contributed by atoms with Gasteiger partial charge in [0, 0.05) is 14.1 Å². The zero-order valence-electron chi connectivity index (χ0n) is 10.8. The summed E-state index contributed by atoms with van der Waals surface area (Å²) < 4.78 is 29.9. The van der Waals surface area contributed by atoms with Crippen molar-refractivity contribution in [2.45, 2.75) is 31.0 Å². The van der Waals surface area contributed by atoms with Gasteiger partial charge in [0.15, 0.2) is 0 Å². The molecule has 0 radical (unpaired) electrons. The van der Waals surface area contributed by atoms with E-state index in [4.69, 9.17) is 10.8 Å². The summed E-state index contributed by atoms with van der Waals surface area (Å²) in [6.07, 6.45) is 6.12. The molecule has 0 aliphatic carbocycles. The summed E-state index contributed by atoms with van der Waals surface area (Å²) in [6.45, 7) is 2.38. The second kappa shape index (κ2) is 6.05. The maximum Gasteiger partial charge on any atom is 0.275 e. The summed E-state index contributed by atoms with van der Waals surface area (Å²) in [5, 5.41) is 3.03. The fraction of sp³-hybridized carbons (Fsp3) is 0.500. The first-order chi connectivity index (χ1) is 8.41. The fourth-order valence-corrected chi connectivity index (χ4v) is 2.13. The Labute approximate surface area is 108 Å². The minimum absolute atomic E-state index is 0.0380. The molecule has 0 aromatic carbocycles. The van der Waals surface area contributed by atoms with Crippen molar-refractivity contribution in [3.05, 3.63) is 17.9 Å². The van der Waals surface area contributed by atoms with Crippen LogP contribution in [-0.2, 0) is 16.6 Å². The molecule has 0 amide bonds. The van der Waals surface area contributed by atoms with Crippen LogP contribution in [0.4, 0.5) is 0 Å². The zero-order valence-corrected chi connectivity index (χ0v) is 11.6. The maximum absolute atomic E-state index is 11.8. The molecule has 1 heterocycles. The molecule has 18 heavy (non-hydrogen) atoms. The molecule has 5 nitrogen and oxygen atoms in total. The van der Waals surface area contributed by atoms with Gasteiger partial charge in [-0.1, -0.05) is 12.8 Å². The van der Waals surface area contributed by atoms with E-state index in [9.17, 15) is 8.42 Å². The van der Waals surface area contributed by atoms with Gasteiger partial charge in [-0.25, -0.2) is 12.7 Å². The van der Waals surface area contributed by atoms with Crippen LogP contribution < -0.4 is 5.32 Å². The predicted octanol–water partition coefficient (Wildman–Crippen LogP) is 1.03. The van der Waals surface area contributed by atoms with Crippen molar-refractivity contribution in [3.8, 4) is 12.3 Å². The minimum atomic E-state index is -3.51. The number of nitrogens with zero attached hydrogens (tertiary/aromatic N) is 1. The predicted molar refractivity (Wildman–Crippen MR) is 69.3 cm³/mol. The van der Waals surface area contributed by atoms with E-state index in [1.807, 2.05) is 6.92 Å². The van der Waals surface area contributed by atoms with Crippen LogP contribution in [0.15, 0.2) is 21.6 Å². The summed E-state index contributed by atoms with van der Waals surface area (Å²) >= 11 is 0. The van der Waals surface area contributed by atoms with E-state index in [0.717, 1.165) is 10.7 Å². The zero-order chi connectivity index (χ0) is 13.8. The highest BCUT2D eigenvalue weighted by Gasteiger charge is 2.21. The Hall–Kier alpha value is -1.29. The largest absolute Gasteiger partial charge is 0.447 e. The summed E-state index contributed by atoms with van der Waals surface area (Å²) in [4.78, 5) is 0. The lowest BCUT2D eigenvalue weighted by molar-refractivity contribution is 0.385. The number of hydrogen-bond acceptors (Lipinski definition) is 4. The highest BCUT2D eigenvalue weighted by Crippen LogP contribution is 2.16. The van der Waals surface area contributed by atoms with Crippen molar-refractivity contribution in [1.29, 1.82) is 0 Å². The number of terminal acetylenes is 1. The first kappa shape index (κ1) is 14.8. The van der Waals surface area contributed by atoms with Crippen molar-refractivity contribution in [3.63, 3.8) is 0 Å². The molecule has 1 aromatic heterocycles. The second-order valence-corrected chi connectivity index (χ2v) is 6.10. The van der Waals surface area contributed by atoms with Crippen LogP contribution in [0.25, 0.3) is 0 Å². The van der Waals surface area contributed by atoms with E-state index in [-0.39, 0.29) is 11.1 Å². The number of rotatable bonds is 6. The van der Waals surface area contributed by atoms with Crippen LogP contribution in [0.1, 0.15) is 19.1 Å². The molecular weight excluding hydrogens is 252 g/mol. The SMILES string of the molecule is C#CC(CC)NCc1ccc(S(=O)(=O)N(C)C)o1. The van der Waals surface area contributed by atoms with Gasteiger partial charge in [0.2, 0.25) is 5.09 Å². The fourth-order valence-electron chi connectivity index (χ4n) is 1.32. The van der Waals surface area contributed by atoms with Crippen LogP contribution >= 0.6 is 0 Å². The van der Waals surface area contributed by atoms with Crippen LogP contribution in [0.5, 0.6) is 0 Å². The van der Waals surface area contributed by atoms with Gasteiger partial charge in [-0.05, 0) is 18.6 Å². The molecule has 0 bridgehead atoms. The number of hydrogen-bond donors (Lipinski definition) is 1. The lowest BCUT2D eigenvalue weighted by Gasteiger charge is -2.09. The van der Waals surface area contributed by atoms with Crippen LogP contribution in [-0.4, -0.2) is 32.9 Å². The molecule has 0 spiro atoms. The molecule has 1 aromatic rings. The van der Waals surface area contributed by atoms with Gasteiger partial charge in [0.05, 0.1) is 12.6 Å². The first-order valence-electron chi connectivity index (χ1n) is 5.62. The Morgan fingerprint density at radius 3 is 2.67 bits per heavy atom. The Morgan fingerprint density at radius 1 is 1.50 bits per heavy atom. The molecule has 6 heteroatoms. The Morgan fingerprint density at radius 2 is 2.17 bits per heavy atom. The van der Waals surface area contributed by atoms with Crippen molar-refractivity contribution in [2.24, 2.45) is 0 Å². The van der Waals surface area contributed by atoms with E-state index >= 15 is 0 Å². The number of sulfonamides is 1. The lowest BCUT2D eigenvalue weighted by atomic mass is 10.2. The molecule has 0 fully saturated rings. The van der Waals surface area contributed by atoms with E-state index in [1.54, 1.807) is 6.07 Å². The molecule has 1 atom stereocenters. The smallest absolute Gasteiger partial charge is 0.275 e. The van der Waals surface area contributed by atoms with Crippen LogP contribution in [0.2, 0.25) is 0 Å². The summed E-state index contributed by atoms with van der Waals surface area (Å²) in [5.41, 5.74) is 0. The lowest BCUT2D eigenvalue weighted by Crippen LogP contribution is -2.26. The Balaban J connectivity index is 2.74. The summed E-state index contributed by atoms with van der Waals surface area (Å²) in [6, 6.07) is 3.04. The molecule has 0 aliphatic heterocycles. The van der Waals surface area contributed by atoms with Gasteiger partial charge in [0.25, 0.3) is 10.0 Å². The van der Waals surface area contributed by atoms with E-state index in [1.165, 1.54) is 20.2 Å². The monoisotopic (exact) mass is 270 g/mol. The van der Waals surface area contributed by atoms with Gasteiger partial charge in [-0.2, -0.15) is 0 Å². The highest BCUT2D eigenvalue weighted by molar-refractivity contribution is 7.88. The molecule has 1 N–H and O–H groups in total. The van der Waals surface area contributed by atoms with Gasteiger partial charge in [0.1, 0.15) is 5.76 Å². The average Bonchev–Trinajstić information content (AvgIpc) is 2.79. The molecule has 0 saturated carbocycles. The quantitative estimate of drug-likeness (QED) is 0.784. The third-order valence-corrected chi connectivity index (χ3v) is 4.19. The van der Waals surface area contributed by atoms with Crippen LogP contribution in [0, 0.1) is 12.3 Å². The molecule has 0 saturated heterocycles. The number of furan rings is 1. The molecular formula is C12H18N2O3S. The second-order valence-electron chi connectivity index (χ2n) is 4.02. The van der Waals surface area contributed by atoms with E-state index in [0.29, 0.717) is 12.3 Å². The molecule has 100 valence electrons. The standard InChI is InChI=1S/C12H18N2O3S/c1-5-10(6-2)13-9-11-7-8-12(17-11)18(15,16)14(3)4/h1,7-8,10,13H,6,9H2,2-4H3. The van der Waals surface area contributed by atoms with Crippen molar-refractivity contribution < 1.29 is 12.8 Å². The summed E-state index contributed by atoms with van der Waals surface area (Å²) in [7, 11) is -0.588. The minimum Gasteiger partial charge on any atom is -0.447 e. The van der Waals surface area contributed by atoms with E-state index in [2.05, 4.69) is 11.2 Å². The average molecular weight is 270 g/mol. The third kappa shape index (κ3) is 3.35. The topological polar surface area (TPSA) is 62.6 Å². The van der Waals surface area contributed by atoms with Crippen molar-refractivity contribution in [1.82, 2.24) is 9.62 Å². The van der Waals surface area contributed by atoms with Gasteiger partial charge in [-0.3, -0.25) is 5.32 Å². The Kier molecular flexibility index (Phi) is 4.96. The number of nitrogens with one attached hydrogen (secondary N) is 1. The van der Waals surface area contributed by atoms with Gasteiger partial charge in [-0.15, -0.1) is 6.42 Å². The molecule has 1 unspecified atom stereocenters. The molecule has 1 rings (SSSR count). The van der Waals surface area contributed by atoms with E-state index < -0.39 is 10.0 Å². The summed E-state index contributed by atoms with van der Waals surface area (Å²) in [5.74, 6) is 3.14. The highest BCUT2D eigenvalue weighted by atomic mass is 32.2. The van der Waals surface area contributed by atoms with Crippen LogP contribution in [0.3, 0.4) is 0 Å². The van der Waals surface area contributed by atoms with Gasteiger partial charge >= 0.3 is 0 Å². The third-order valence-electron chi connectivity index (χ3n) is 2.50. The van der Waals surface area contributed by atoms with Gasteiger partial charge < -0.3 is 4.42 Å². The normalized spacial score (nSPS) is 13.5. The first-order valence-corrected chi connectivity index (χ1v) is 7.06. The molecule has 0 aliphatic rings.